The highest BCUT2D eigenvalue weighted by atomic mass is 16.5. The summed E-state index contributed by atoms with van der Waals surface area (Å²) in [5.41, 5.74) is 2.45. The molecule has 0 saturated carbocycles. The van der Waals surface area contributed by atoms with Crippen molar-refractivity contribution in [1.82, 2.24) is 9.47 Å². The van der Waals surface area contributed by atoms with Crippen molar-refractivity contribution in [1.29, 1.82) is 0 Å². The van der Waals surface area contributed by atoms with Gasteiger partial charge in [-0.2, -0.15) is 0 Å². The lowest BCUT2D eigenvalue weighted by atomic mass is 10.2. The minimum Gasteiger partial charge on any atom is -0.451 e. The molecule has 5 heteroatoms. The van der Waals surface area contributed by atoms with Gasteiger partial charge >= 0.3 is 5.97 Å². The Morgan fingerprint density at radius 2 is 1.83 bits per heavy atom. The Hall–Kier alpha value is -2.56. The molecule has 1 heterocycles. The van der Waals surface area contributed by atoms with Gasteiger partial charge in [-0.3, -0.25) is 4.79 Å². The van der Waals surface area contributed by atoms with Gasteiger partial charge in [0.2, 0.25) is 0 Å². The Morgan fingerprint density at radius 3 is 2.39 bits per heavy atom. The number of hydrogen-bond acceptors (Lipinski definition) is 3. The monoisotopic (exact) mass is 314 g/mol. The lowest BCUT2D eigenvalue weighted by Gasteiger charge is -2.20. The number of amides is 1. The van der Waals surface area contributed by atoms with Crippen LogP contribution in [0.1, 0.15) is 28.7 Å². The van der Waals surface area contributed by atoms with E-state index < -0.39 is 5.97 Å². The van der Waals surface area contributed by atoms with Crippen LogP contribution < -0.4 is 0 Å². The summed E-state index contributed by atoms with van der Waals surface area (Å²) in [6.07, 6.45) is 0. The Balaban J connectivity index is 1.92. The van der Waals surface area contributed by atoms with Crippen LogP contribution in [0.5, 0.6) is 0 Å². The average Bonchev–Trinajstić information content (AvgIpc) is 2.90. The molecule has 0 saturated heterocycles. The fraction of sp³-hybridized carbons (Fsp3) is 0.333. The van der Waals surface area contributed by atoms with E-state index in [0.29, 0.717) is 18.8 Å². The summed E-state index contributed by atoms with van der Waals surface area (Å²) in [7, 11) is 1.79. The fourth-order valence-corrected chi connectivity index (χ4v) is 2.29. The van der Waals surface area contributed by atoms with Crippen molar-refractivity contribution in [3.05, 3.63) is 59.4 Å². The van der Waals surface area contributed by atoms with Gasteiger partial charge in [0.05, 0.1) is 0 Å². The molecule has 1 aromatic carbocycles. The number of aromatic nitrogens is 1. The lowest BCUT2D eigenvalue weighted by Crippen LogP contribution is -2.34. The van der Waals surface area contributed by atoms with E-state index >= 15 is 0 Å². The summed E-state index contributed by atoms with van der Waals surface area (Å²) in [6.45, 7) is 4.64. The Labute approximate surface area is 136 Å². The molecule has 1 amide bonds. The maximum atomic E-state index is 12.2. The Morgan fingerprint density at radius 1 is 1.13 bits per heavy atom. The zero-order chi connectivity index (χ0) is 16.8. The summed E-state index contributed by atoms with van der Waals surface area (Å²) in [5.74, 6) is -0.680. The molecule has 0 aliphatic carbocycles. The number of carbonyl (C=O) groups is 2. The highest BCUT2D eigenvalue weighted by Crippen LogP contribution is 2.08. The van der Waals surface area contributed by atoms with Crippen LogP contribution >= 0.6 is 0 Å². The van der Waals surface area contributed by atoms with Crippen molar-refractivity contribution in [3.63, 3.8) is 0 Å². The van der Waals surface area contributed by atoms with Crippen molar-refractivity contribution in [2.45, 2.75) is 20.4 Å². The van der Waals surface area contributed by atoms with Crippen molar-refractivity contribution in [2.24, 2.45) is 7.05 Å². The van der Waals surface area contributed by atoms with Gasteiger partial charge in [0, 0.05) is 25.8 Å². The van der Waals surface area contributed by atoms with E-state index in [2.05, 4.69) is 0 Å². The number of ether oxygens (including phenoxy) is 1. The second kappa shape index (κ2) is 7.63. The van der Waals surface area contributed by atoms with Crippen molar-refractivity contribution < 1.29 is 14.3 Å². The standard InChI is InChI=1S/C18H22N2O3/c1-4-20(12-15-8-6-5-7-9-15)17(21)13-23-18(22)16-11-10-14(2)19(16)3/h5-11H,4,12-13H2,1-3H3. The van der Waals surface area contributed by atoms with Crippen LogP contribution in [0.25, 0.3) is 0 Å². The summed E-state index contributed by atoms with van der Waals surface area (Å²) < 4.78 is 6.90. The van der Waals surface area contributed by atoms with Crippen molar-refractivity contribution in [2.75, 3.05) is 13.2 Å². The third kappa shape index (κ3) is 4.22. The summed E-state index contributed by atoms with van der Waals surface area (Å²) in [5, 5.41) is 0. The van der Waals surface area contributed by atoms with Crippen LogP contribution in [-0.2, 0) is 23.1 Å². The van der Waals surface area contributed by atoms with Gasteiger partial charge in [-0.25, -0.2) is 4.79 Å². The van der Waals surface area contributed by atoms with Crippen LogP contribution in [0.15, 0.2) is 42.5 Å². The Kier molecular flexibility index (Phi) is 5.57. The van der Waals surface area contributed by atoms with Gasteiger partial charge in [-0.1, -0.05) is 30.3 Å². The molecule has 0 aliphatic rings. The molecule has 0 atom stereocenters. The fourth-order valence-electron chi connectivity index (χ4n) is 2.29. The summed E-state index contributed by atoms with van der Waals surface area (Å²) in [4.78, 5) is 26.0. The topological polar surface area (TPSA) is 51.5 Å². The van der Waals surface area contributed by atoms with E-state index in [0.717, 1.165) is 11.3 Å². The predicted octanol–water partition coefficient (Wildman–Crippen LogP) is 2.54. The molecule has 2 rings (SSSR count). The molecular weight excluding hydrogens is 292 g/mol. The molecular formula is C18H22N2O3. The minimum absolute atomic E-state index is 0.198. The molecule has 0 unspecified atom stereocenters. The number of benzene rings is 1. The first kappa shape index (κ1) is 16.8. The molecule has 0 bridgehead atoms. The van der Waals surface area contributed by atoms with E-state index in [-0.39, 0.29) is 12.5 Å². The first-order valence-corrected chi connectivity index (χ1v) is 7.64. The second-order valence-corrected chi connectivity index (χ2v) is 5.39. The van der Waals surface area contributed by atoms with Gasteiger partial charge in [0.15, 0.2) is 6.61 Å². The maximum Gasteiger partial charge on any atom is 0.355 e. The number of carbonyl (C=O) groups excluding carboxylic acids is 2. The van der Waals surface area contributed by atoms with Crippen molar-refractivity contribution in [3.8, 4) is 0 Å². The second-order valence-electron chi connectivity index (χ2n) is 5.39. The minimum atomic E-state index is -0.482. The normalized spacial score (nSPS) is 10.4. The number of rotatable bonds is 6. The molecule has 0 N–H and O–H groups in total. The number of hydrogen-bond donors (Lipinski definition) is 0. The highest BCUT2D eigenvalue weighted by Gasteiger charge is 2.17. The third-order valence-corrected chi connectivity index (χ3v) is 3.86. The molecule has 2 aromatic rings. The molecule has 1 aromatic heterocycles. The molecule has 23 heavy (non-hydrogen) atoms. The van der Waals surface area contributed by atoms with E-state index in [1.54, 1.807) is 22.6 Å². The first-order chi connectivity index (χ1) is 11.0. The zero-order valence-corrected chi connectivity index (χ0v) is 13.8. The Bertz CT molecular complexity index is 677. The van der Waals surface area contributed by atoms with Gasteiger partial charge in [-0.05, 0) is 31.5 Å². The van der Waals surface area contributed by atoms with Gasteiger partial charge in [0.25, 0.3) is 5.91 Å². The van der Waals surface area contributed by atoms with Gasteiger partial charge in [0.1, 0.15) is 5.69 Å². The van der Waals surface area contributed by atoms with Crippen LogP contribution in [0, 0.1) is 6.92 Å². The lowest BCUT2D eigenvalue weighted by molar-refractivity contribution is -0.135. The molecule has 0 radical (unpaired) electrons. The SMILES string of the molecule is CCN(Cc1ccccc1)C(=O)COC(=O)c1ccc(C)n1C. The number of nitrogens with zero attached hydrogens (tertiary/aromatic N) is 2. The van der Waals surface area contributed by atoms with Crippen LogP contribution in [0.3, 0.4) is 0 Å². The van der Waals surface area contributed by atoms with Crippen LogP contribution in [-0.4, -0.2) is 34.5 Å². The van der Waals surface area contributed by atoms with Gasteiger partial charge in [-0.15, -0.1) is 0 Å². The van der Waals surface area contributed by atoms with Crippen LogP contribution in [0.2, 0.25) is 0 Å². The molecule has 0 spiro atoms. The third-order valence-electron chi connectivity index (χ3n) is 3.86. The largest absolute Gasteiger partial charge is 0.451 e. The molecule has 0 aliphatic heterocycles. The van der Waals surface area contributed by atoms with E-state index in [9.17, 15) is 9.59 Å². The van der Waals surface area contributed by atoms with E-state index in [1.807, 2.05) is 50.2 Å². The number of likely N-dealkylation sites (N-methyl/N-ethyl adjacent to an activating group) is 1. The summed E-state index contributed by atoms with van der Waals surface area (Å²) >= 11 is 0. The first-order valence-electron chi connectivity index (χ1n) is 7.64. The average molecular weight is 314 g/mol. The van der Waals surface area contributed by atoms with Gasteiger partial charge < -0.3 is 14.2 Å². The molecule has 0 fully saturated rings. The molecule has 122 valence electrons. The number of esters is 1. The molecule has 5 nitrogen and oxygen atoms in total. The van der Waals surface area contributed by atoms with Crippen molar-refractivity contribution >= 4 is 11.9 Å². The number of aryl methyl sites for hydroxylation is 1. The highest BCUT2D eigenvalue weighted by molar-refractivity contribution is 5.90. The van der Waals surface area contributed by atoms with E-state index in [1.165, 1.54) is 0 Å². The quantitative estimate of drug-likeness (QED) is 0.770. The van der Waals surface area contributed by atoms with E-state index in [4.69, 9.17) is 4.74 Å². The smallest absolute Gasteiger partial charge is 0.355 e. The van der Waals surface area contributed by atoms with Crippen LogP contribution in [0.4, 0.5) is 0 Å². The zero-order valence-electron chi connectivity index (χ0n) is 13.8. The summed E-state index contributed by atoms with van der Waals surface area (Å²) in [6, 6.07) is 13.3. The maximum absolute atomic E-state index is 12.2. The predicted molar refractivity (Wildman–Crippen MR) is 88.0 cm³/mol.